The van der Waals surface area contributed by atoms with Crippen molar-refractivity contribution < 1.29 is 9.59 Å². The number of amides is 2. The summed E-state index contributed by atoms with van der Waals surface area (Å²) in [6.07, 6.45) is 8.22. The van der Waals surface area contributed by atoms with Crippen LogP contribution in [0.3, 0.4) is 0 Å². The number of nitrogens with one attached hydrogen (secondary N) is 1. The highest BCUT2D eigenvalue weighted by molar-refractivity contribution is 7.09. The lowest BCUT2D eigenvalue weighted by Crippen LogP contribution is -2.38. The maximum atomic E-state index is 12.7. The number of carbonyl (C=O) groups excluding carboxylic acids is 2. The number of halogens is 1. The number of thiazole rings is 1. The second-order valence-electron chi connectivity index (χ2n) is 7.97. The summed E-state index contributed by atoms with van der Waals surface area (Å²) in [5.41, 5.74) is 1.87. The zero-order valence-corrected chi connectivity index (χ0v) is 18.4. The van der Waals surface area contributed by atoms with Crippen molar-refractivity contribution in [1.82, 2.24) is 15.2 Å². The lowest BCUT2D eigenvalue weighted by Gasteiger charge is -2.31. The van der Waals surface area contributed by atoms with Crippen LogP contribution in [0.1, 0.15) is 47.9 Å². The van der Waals surface area contributed by atoms with Crippen LogP contribution in [-0.4, -0.2) is 41.3 Å². The molecular formula is C23H26ClN3O2S. The number of nitrogens with zero attached hydrogens (tertiary/aromatic N) is 2. The molecule has 2 heterocycles. The van der Waals surface area contributed by atoms with Crippen molar-refractivity contribution in [3.05, 3.63) is 57.0 Å². The molecule has 1 saturated heterocycles. The largest absolute Gasteiger partial charge is 0.355 e. The molecule has 2 aliphatic rings. The topological polar surface area (TPSA) is 62.3 Å². The molecule has 2 fully saturated rings. The molecule has 1 aliphatic carbocycles. The number of aromatic nitrogens is 1. The summed E-state index contributed by atoms with van der Waals surface area (Å²) < 4.78 is 0. The van der Waals surface area contributed by atoms with Crippen LogP contribution in [-0.2, 0) is 16.0 Å². The molecule has 0 spiro atoms. The van der Waals surface area contributed by atoms with Crippen molar-refractivity contribution in [2.24, 2.45) is 5.92 Å². The first kappa shape index (κ1) is 21.1. The second kappa shape index (κ2) is 9.75. The average Bonchev–Trinajstić information content (AvgIpc) is 3.51. The van der Waals surface area contributed by atoms with Crippen molar-refractivity contribution >= 4 is 40.8 Å². The van der Waals surface area contributed by atoms with E-state index in [9.17, 15) is 9.59 Å². The van der Waals surface area contributed by atoms with E-state index in [1.807, 2.05) is 29.2 Å². The third-order valence-electron chi connectivity index (χ3n) is 5.59. The molecule has 1 aliphatic heterocycles. The summed E-state index contributed by atoms with van der Waals surface area (Å²) in [5.74, 6) is 0.709. The van der Waals surface area contributed by atoms with Gasteiger partial charge in [-0.05, 0) is 43.4 Å². The van der Waals surface area contributed by atoms with Crippen LogP contribution in [0.5, 0.6) is 0 Å². The fourth-order valence-corrected chi connectivity index (χ4v) is 4.87. The van der Waals surface area contributed by atoms with Crippen LogP contribution in [0.25, 0.3) is 6.08 Å². The minimum Gasteiger partial charge on any atom is -0.355 e. The number of hydrogen-bond acceptors (Lipinski definition) is 4. The van der Waals surface area contributed by atoms with Gasteiger partial charge in [-0.3, -0.25) is 9.59 Å². The first-order chi connectivity index (χ1) is 14.6. The fraction of sp³-hybridized carbons (Fsp3) is 0.435. The van der Waals surface area contributed by atoms with Crippen LogP contribution in [0.15, 0.2) is 35.7 Å². The Morgan fingerprint density at radius 3 is 2.90 bits per heavy atom. The van der Waals surface area contributed by atoms with Gasteiger partial charge in [0.15, 0.2) is 0 Å². The zero-order valence-electron chi connectivity index (χ0n) is 16.9. The molecule has 1 aromatic carbocycles. The lowest BCUT2D eigenvalue weighted by atomic mass is 9.98. The van der Waals surface area contributed by atoms with Crippen molar-refractivity contribution in [2.45, 2.75) is 38.0 Å². The Kier molecular flexibility index (Phi) is 6.85. The summed E-state index contributed by atoms with van der Waals surface area (Å²) in [4.78, 5) is 31.1. The minimum atomic E-state index is 0.0131. The molecule has 0 radical (unpaired) electrons. The molecule has 0 unspecified atom stereocenters. The van der Waals surface area contributed by atoms with Crippen LogP contribution < -0.4 is 5.32 Å². The van der Waals surface area contributed by atoms with E-state index in [0.29, 0.717) is 18.1 Å². The third-order valence-corrected chi connectivity index (χ3v) is 6.99. The predicted molar refractivity (Wildman–Crippen MR) is 121 cm³/mol. The summed E-state index contributed by atoms with van der Waals surface area (Å²) in [6, 6.07) is 7.50. The second-order valence-corrected chi connectivity index (χ2v) is 9.27. The third kappa shape index (κ3) is 5.49. The van der Waals surface area contributed by atoms with Crippen molar-refractivity contribution in [3.63, 3.8) is 0 Å². The predicted octanol–water partition coefficient (Wildman–Crippen LogP) is 4.28. The van der Waals surface area contributed by atoms with E-state index >= 15 is 0 Å². The summed E-state index contributed by atoms with van der Waals surface area (Å²) >= 11 is 7.83. The Morgan fingerprint density at radius 2 is 2.10 bits per heavy atom. The number of benzene rings is 1. The van der Waals surface area contributed by atoms with Crippen LogP contribution in [0.2, 0.25) is 5.02 Å². The van der Waals surface area contributed by atoms with E-state index in [1.165, 1.54) is 0 Å². The van der Waals surface area contributed by atoms with Crippen molar-refractivity contribution in [3.8, 4) is 0 Å². The van der Waals surface area contributed by atoms with E-state index < -0.39 is 0 Å². The van der Waals surface area contributed by atoms with Gasteiger partial charge < -0.3 is 10.2 Å². The van der Waals surface area contributed by atoms with Gasteiger partial charge in [-0.15, -0.1) is 11.3 Å². The molecule has 1 aromatic heterocycles. The Labute approximate surface area is 186 Å². The molecule has 0 bridgehead atoms. The zero-order chi connectivity index (χ0) is 20.9. The van der Waals surface area contributed by atoms with Gasteiger partial charge in [0.05, 0.1) is 10.7 Å². The summed E-state index contributed by atoms with van der Waals surface area (Å²) in [5, 5.41) is 6.80. The Balaban J connectivity index is 1.30. The number of rotatable bonds is 7. The van der Waals surface area contributed by atoms with Crippen LogP contribution >= 0.6 is 22.9 Å². The van der Waals surface area contributed by atoms with Gasteiger partial charge in [0, 0.05) is 54.4 Å². The molecule has 5 nitrogen and oxygen atoms in total. The molecule has 4 rings (SSSR count). The molecule has 1 saturated carbocycles. The molecule has 1 atom stereocenters. The smallest absolute Gasteiger partial charge is 0.246 e. The molecular weight excluding hydrogens is 418 g/mol. The number of piperidine rings is 1. The normalized spacial score (nSPS) is 19.2. The minimum absolute atomic E-state index is 0.0131. The van der Waals surface area contributed by atoms with Gasteiger partial charge in [-0.2, -0.15) is 0 Å². The van der Waals surface area contributed by atoms with Crippen LogP contribution in [0, 0.1) is 5.92 Å². The standard InChI is InChI=1S/C23H26ClN3O2S/c24-20-6-2-1-4-16(20)9-10-21(28)27-13-3-5-18(14-27)23-26-19(15-30-23)11-12-25-22(29)17-7-8-17/h1-2,4,6,9-10,15,17-18H,3,5,7-8,11-14H2,(H,25,29)/b10-9+/t18-/m0/s1. The maximum Gasteiger partial charge on any atom is 0.246 e. The Hall–Kier alpha value is -2.18. The van der Waals surface area contributed by atoms with E-state index in [4.69, 9.17) is 16.6 Å². The van der Waals surface area contributed by atoms with E-state index in [-0.39, 0.29) is 23.7 Å². The SMILES string of the molecule is O=C(NCCc1csc([C@H]2CCCN(C(=O)/C=C/c3ccccc3Cl)C2)n1)C1CC1. The highest BCUT2D eigenvalue weighted by atomic mass is 35.5. The van der Waals surface area contributed by atoms with E-state index in [1.54, 1.807) is 23.5 Å². The molecule has 2 amide bonds. The van der Waals surface area contributed by atoms with E-state index in [0.717, 1.165) is 54.9 Å². The number of hydrogen-bond donors (Lipinski definition) is 1. The van der Waals surface area contributed by atoms with Gasteiger partial charge in [0.25, 0.3) is 0 Å². The number of carbonyl (C=O) groups is 2. The maximum absolute atomic E-state index is 12.7. The first-order valence-electron chi connectivity index (χ1n) is 10.5. The number of likely N-dealkylation sites (tertiary alicyclic amines) is 1. The Bertz CT molecular complexity index is 938. The highest BCUT2D eigenvalue weighted by Crippen LogP contribution is 2.30. The molecule has 1 N–H and O–H groups in total. The van der Waals surface area contributed by atoms with Gasteiger partial charge in [0.1, 0.15) is 0 Å². The lowest BCUT2D eigenvalue weighted by molar-refractivity contribution is -0.127. The van der Waals surface area contributed by atoms with E-state index in [2.05, 4.69) is 10.7 Å². The van der Waals surface area contributed by atoms with Crippen molar-refractivity contribution in [2.75, 3.05) is 19.6 Å². The highest BCUT2D eigenvalue weighted by Gasteiger charge is 2.29. The van der Waals surface area contributed by atoms with Crippen LogP contribution in [0.4, 0.5) is 0 Å². The van der Waals surface area contributed by atoms with Gasteiger partial charge in [-0.1, -0.05) is 29.8 Å². The molecule has 7 heteroatoms. The summed E-state index contributed by atoms with van der Waals surface area (Å²) in [6.45, 7) is 2.10. The fourth-order valence-electron chi connectivity index (χ4n) is 3.68. The average molecular weight is 444 g/mol. The van der Waals surface area contributed by atoms with Gasteiger partial charge in [-0.25, -0.2) is 4.98 Å². The monoisotopic (exact) mass is 443 g/mol. The summed E-state index contributed by atoms with van der Waals surface area (Å²) in [7, 11) is 0. The van der Waals surface area contributed by atoms with Gasteiger partial charge >= 0.3 is 0 Å². The Morgan fingerprint density at radius 1 is 1.27 bits per heavy atom. The molecule has 2 aromatic rings. The quantitative estimate of drug-likeness (QED) is 0.649. The molecule has 158 valence electrons. The van der Waals surface area contributed by atoms with Gasteiger partial charge in [0.2, 0.25) is 11.8 Å². The molecule has 30 heavy (non-hydrogen) atoms. The first-order valence-corrected chi connectivity index (χ1v) is 11.8. The van der Waals surface area contributed by atoms with Crippen molar-refractivity contribution in [1.29, 1.82) is 0 Å².